The first kappa shape index (κ1) is 13.9. The second-order valence-electron chi connectivity index (χ2n) is 4.27. The fourth-order valence-electron chi connectivity index (χ4n) is 1.47. The molecule has 0 atom stereocenters. The zero-order valence-electron chi connectivity index (χ0n) is 9.80. The molecule has 0 spiro atoms. The Balaban J connectivity index is 2.47. The molecule has 1 nitrogen and oxygen atoms in total. The lowest BCUT2D eigenvalue weighted by atomic mass is 10.1. The lowest BCUT2D eigenvalue weighted by molar-refractivity contribution is 0.295. The van der Waals surface area contributed by atoms with Crippen molar-refractivity contribution in [3.05, 3.63) is 28.2 Å². The lowest BCUT2D eigenvalue weighted by Gasteiger charge is -2.11. The Morgan fingerprint density at radius 2 is 2.12 bits per heavy atom. The highest BCUT2D eigenvalue weighted by molar-refractivity contribution is 9.10. The molecule has 0 amide bonds. The molecule has 1 rings (SSSR count). The van der Waals surface area contributed by atoms with Crippen LogP contribution in [0.2, 0.25) is 0 Å². The Labute approximate surface area is 111 Å². The van der Waals surface area contributed by atoms with Gasteiger partial charge in [0.05, 0.1) is 12.5 Å². The van der Waals surface area contributed by atoms with E-state index in [4.69, 9.17) is 16.3 Å². The summed E-state index contributed by atoms with van der Waals surface area (Å²) in [6.45, 7) is 5.22. The molecule has 0 aromatic heterocycles. The Hall–Kier alpha value is -0.210. The highest BCUT2D eigenvalue weighted by Crippen LogP contribution is 2.25. The van der Waals surface area contributed by atoms with Crippen LogP contribution in [0.25, 0.3) is 0 Å². The smallest absolute Gasteiger partial charge is 0.123 e. The minimum absolute atomic E-state index is 0.485. The molecule has 0 radical (unpaired) electrons. The van der Waals surface area contributed by atoms with Gasteiger partial charge in [0.15, 0.2) is 0 Å². The molecule has 0 fully saturated rings. The number of hydrogen-bond donors (Lipinski definition) is 0. The van der Waals surface area contributed by atoms with Gasteiger partial charge in [0, 0.05) is 10.0 Å². The van der Waals surface area contributed by atoms with Crippen LogP contribution >= 0.6 is 27.5 Å². The first-order chi connectivity index (χ1) is 7.63. The van der Waals surface area contributed by atoms with Crippen LogP contribution in [-0.2, 0) is 5.88 Å². The monoisotopic (exact) mass is 304 g/mol. The molecular formula is C13H18BrClO. The van der Waals surface area contributed by atoms with Crippen LogP contribution in [0.1, 0.15) is 32.3 Å². The van der Waals surface area contributed by atoms with Gasteiger partial charge in [-0.25, -0.2) is 0 Å². The van der Waals surface area contributed by atoms with Crippen LogP contribution < -0.4 is 4.74 Å². The fourth-order valence-corrected chi connectivity index (χ4v) is 2.08. The Kier molecular flexibility index (Phi) is 6.22. The molecule has 0 aliphatic carbocycles. The molecule has 0 N–H and O–H groups in total. The molecule has 1 aromatic rings. The largest absolute Gasteiger partial charge is 0.493 e. The van der Waals surface area contributed by atoms with E-state index in [1.54, 1.807) is 0 Å². The van der Waals surface area contributed by atoms with Crippen molar-refractivity contribution < 1.29 is 4.74 Å². The zero-order valence-corrected chi connectivity index (χ0v) is 12.1. The van der Waals surface area contributed by atoms with Gasteiger partial charge in [-0.3, -0.25) is 0 Å². The molecule has 0 bridgehead atoms. The van der Waals surface area contributed by atoms with Crippen molar-refractivity contribution in [2.45, 2.75) is 32.6 Å². The van der Waals surface area contributed by atoms with Crippen LogP contribution in [0.5, 0.6) is 5.75 Å². The average molecular weight is 306 g/mol. The predicted octanol–water partition coefficient (Wildman–Crippen LogP) is 5.00. The van der Waals surface area contributed by atoms with E-state index in [0.717, 1.165) is 34.7 Å². The summed E-state index contributed by atoms with van der Waals surface area (Å²) in [7, 11) is 0. The van der Waals surface area contributed by atoms with E-state index in [1.165, 1.54) is 6.42 Å². The van der Waals surface area contributed by atoms with Gasteiger partial charge in [0.2, 0.25) is 0 Å². The van der Waals surface area contributed by atoms with E-state index < -0.39 is 0 Å². The van der Waals surface area contributed by atoms with Crippen LogP contribution in [0, 0.1) is 5.92 Å². The number of hydrogen-bond acceptors (Lipinski definition) is 1. The van der Waals surface area contributed by atoms with Gasteiger partial charge < -0.3 is 4.74 Å². The first-order valence-corrected chi connectivity index (χ1v) is 6.93. The molecule has 3 heteroatoms. The zero-order chi connectivity index (χ0) is 12.0. The van der Waals surface area contributed by atoms with Crippen LogP contribution in [-0.4, -0.2) is 6.61 Å². The molecule has 1 aromatic carbocycles. The third kappa shape index (κ3) is 4.75. The SMILES string of the molecule is CC(C)CCCOc1ccc(Br)cc1CCl. The van der Waals surface area contributed by atoms with Crippen LogP contribution in [0.15, 0.2) is 22.7 Å². The summed E-state index contributed by atoms with van der Waals surface area (Å²) in [5.74, 6) is 2.13. The summed E-state index contributed by atoms with van der Waals surface area (Å²) < 4.78 is 6.77. The number of ether oxygens (including phenoxy) is 1. The third-order valence-corrected chi connectivity index (χ3v) is 3.13. The van der Waals surface area contributed by atoms with E-state index in [9.17, 15) is 0 Å². The molecule has 0 saturated carbocycles. The van der Waals surface area contributed by atoms with Crippen molar-refractivity contribution >= 4 is 27.5 Å². The minimum Gasteiger partial charge on any atom is -0.493 e. The highest BCUT2D eigenvalue weighted by atomic mass is 79.9. The maximum atomic E-state index is 5.87. The van der Waals surface area contributed by atoms with Crippen molar-refractivity contribution in [2.75, 3.05) is 6.61 Å². The quantitative estimate of drug-likeness (QED) is 0.530. The standard InChI is InChI=1S/C13H18BrClO/c1-10(2)4-3-7-16-13-6-5-12(14)8-11(13)9-15/h5-6,8,10H,3-4,7,9H2,1-2H3. The molecule has 0 saturated heterocycles. The van der Waals surface area contributed by atoms with Gasteiger partial charge in [0.1, 0.15) is 5.75 Å². The molecule has 90 valence electrons. The summed E-state index contributed by atoms with van der Waals surface area (Å²) in [4.78, 5) is 0. The molecule has 0 aliphatic rings. The van der Waals surface area contributed by atoms with Crippen LogP contribution in [0.3, 0.4) is 0 Å². The van der Waals surface area contributed by atoms with Crippen molar-refractivity contribution in [1.82, 2.24) is 0 Å². The summed E-state index contributed by atoms with van der Waals surface area (Å²) in [5.41, 5.74) is 1.04. The van der Waals surface area contributed by atoms with Crippen molar-refractivity contribution in [3.63, 3.8) is 0 Å². The number of halogens is 2. The first-order valence-electron chi connectivity index (χ1n) is 5.60. The summed E-state index contributed by atoms with van der Waals surface area (Å²) in [5, 5.41) is 0. The van der Waals surface area contributed by atoms with Crippen molar-refractivity contribution in [3.8, 4) is 5.75 Å². The fraction of sp³-hybridized carbons (Fsp3) is 0.538. The second-order valence-corrected chi connectivity index (χ2v) is 5.45. The van der Waals surface area contributed by atoms with E-state index >= 15 is 0 Å². The highest BCUT2D eigenvalue weighted by Gasteiger charge is 2.03. The van der Waals surface area contributed by atoms with Gasteiger partial charge in [-0.15, -0.1) is 11.6 Å². The van der Waals surface area contributed by atoms with Gasteiger partial charge in [-0.1, -0.05) is 29.8 Å². The normalized spacial score (nSPS) is 10.8. The minimum atomic E-state index is 0.485. The van der Waals surface area contributed by atoms with E-state index in [2.05, 4.69) is 29.8 Å². The van der Waals surface area contributed by atoms with Gasteiger partial charge in [-0.05, 0) is 37.0 Å². The van der Waals surface area contributed by atoms with Gasteiger partial charge in [-0.2, -0.15) is 0 Å². The molecular weight excluding hydrogens is 287 g/mol. The number of benzene rings is 1. The Bertz CT molecular complexity index is 326. The molecule has 0 heterocycles. The Morgan fingerprint density at radius 1 is 1.38 bits per heavy atom. The molecule has 0 aliphatic heterocycles. The van der Waals surface area contributed by atoms with E-state index in [-0.39, 0.29) is 0 Å². The van der Waals surface area contributed by atoms with Crippen molar-refractivity contribution in [2.24, 2.45) is 5.92 Å². The van der Waals surface area contributed by atoms with Gasteiger partial charge >= 0.3 is 0 Å². The second kappa shape index (κ2) is 7.18. The maximum absolute atomic E-state index is 5.87. The van der Waals surface area contributed by atoms with E-state index in [0.29, 0.717) is 5.88 Å². The lowest BCUT2D eigenvalue weighted by Crippen LogP contribution is -2.01. The van der Waals surface area contributed by atoms with Gasteiger partial charge in [0.25, 0.3) is 0 Å². The number of alkyl halides is 1. The van der Waals surface area contributed by atoms with Crippen LogP contribution in [0.4, 0.5) is 0 Å². The molecule has 0 unspecified atom stereocenters. The summed E-state index contributed by atoms with van der Waals surface area (Å²) in [6.07, 6.45) is 2.29. The van der Waals surface area contributed by atoms with E-state index in [1.807, 2.05) is 18.2 Å². The Morgan fingerprint density at radius 3 is 2.75 bits per heavy atom. The third-order valence-electron chi connectivity index (χ3n) is 2.35. The summed E-state index contributed by atoms with van der Waals surface area (Å²) >= 11 is 9.29. The summed E-state index contributed by atoms with van der Waals surface area (Å²) in [6, 6.07) is 5.95. The maximum Gasteiger partial charge on any atom is 0.123 e. The predicted molar refractivity (Wildman–Crippen MR) is 73.3 cm³/mol. The average Bonchev–Trinajstić information content (AvgIpc) is 2.25. The van der Waals surface area contributed by atoms with Crippen molar-refractivity contribution in [1.29, 1.82) is 0 Å². The topological polar surface area (TPSA) is 9.23 Å². The molecule has 16 heavy (non-hydrogen) atoms. The number of rotatable bonds is 6.